The van der Waals surface area contributed by atoms with Crippen molar-refractivity contribution in [1.82, 2.24) is 15.1 Å². The maximum Gasteiger partial charge on any atom is 0.0558 e. The third kappa shape index (κ3) is 0.980. The maximum atomic E-state index is 6.31. The van der Waals surface area contributed by atoms with E-state index in [0.29, 0.717) is 0 Å². The second-order valence-electron chi connectivity index (χ2n) is 4.50. The van der Waals surface area contributed by atoms with Gasteiger partial charge in [-0.3, -0.25) is 4.68 Å². The van der Waals surface area contributed by atoms with E-state index < -0.39 is 0 Å². The SMILES string of the molecule is N[C@H]1c2ccnn2CC12CCNCC2. The minimum atomic E-state index is 0.187. The first-order chi connectivity index (χ1) is 6.82. The molecule has 4 heteroatoms. The highest BCUT2D eigenvalue weighted by Crippen LogP contribution is 2.46. The summed E-state index contributed by atoms with van der Waals surface area (Å²) in [6, 6.07) is 2.24. The summed E-state index contributed by atoms with van der Waals surface area (Å²) in [6.07, 6.45) is 4.21. The zero-order valence-corrected chi connectivity index (χ0v) is 8.24. The Morgan fingerprint density at radius 2 is 2.29 bits per heavy atom. The van der Waals surface area contributed by atoms with E-state index in [2.05, 4.69) is 21.2 Å². The molecule has 0 bridgehead atoms. The monoisotopic (exact) mass is 192 g/mol. The Labute approximate surface area is 83.5 Å². The molecule has 76 valence electrons. The van der Waals surface area contributed by atoms with E-state index in [1.807, 2.05) is 6.20 Å². The summed E-state index contributed by atoms with van der Waals surface area (Å²) in [7, 11) is 0. The number of hydrogen-bond acceptors (Lipinski definition) is 3. The first-order valence-corrected chi connectivity index (χ1v) is 5.30. The van der Waals surface area contributed by atoms with Crippen LogP contribution < -0.4 is 11.1 Å². The van der Waals surface area contributed by atoms with Crippen molar-refractivity contribution in [3.05, 3.63) is 18.0 Å². The third-order valence-electron chi connectivity index (χ3n) is 3.79. The van der Waals surface area contributed by atoms with Gasteiger partial charge in [0.05, 0.1) is 11.7 Å². The minimum absolute atomic E-state index is 0.187. The van der Waals surface area contributed by atoms with Crippen molar-refractivity contribution in [2.45, 2.75) is 25.4 Å². The van der Waals surface area contributed by atoms with Gasteiger partial charge < -0.3 is 11.1 Å². The van der Waals surface area contributed by atoms with E-state index in [-0.39, 0.29) is 11.5 Å². The van der Waals surface area contributed by atoms with Gasteiger partial charge in [0, 0.05) is 18.2 Å². The Hall–Kier alpha value is -0.870. The number of nitrogens with two attached hydrogens (primary N) is 1. The van der Waals surface area contributed by atoms with Crippen molar-refractivity contribution in [2.24, 2.45) is 11.1 Å². The van der Waals surface area contributed by atoms with Crippen LogP contribution in [0, 0.1) is 5.41 Å². The zero-order chi connectivity index (χ0) is 9.60. The molecule has 14 heavy (non-hydrogen) atoms. The summed E-state index contributed by atoms with van der Waals surface area (Å²) in [5.74, 6) is 0. The molecule has 3 N–H and O–H groups in total. The Kier molecular flexibility index (Phi) is 1.69. The lowest BCUT2D eigenvalue weighted by Crippen LogP contribution is -2.42. The molecule has 0 unspecified atom stereocenters. The largest absolute Gasteiger partial charge is 0.322 e. The van der Waals surface area contributed by atoms with E-state index in [1.165, 1.54) is 18.5 Å². The number of rotatable bonds is 0. The molecule has 2 aliphatic heterocycles. The van der Waals surface area contributed by atoms with Gasteiger partial charge in [-0.2, -0.15) is 5.10 Å². The highest BCUT2D eigenvalue weighted by atomic mass is 15.3. The van der Waals surface area contributed by atoms with Crippen molar-refractivity contribution in [1.29, 1.82) is 0 Å². The number of nitrogens with zero attached hydrogens (tertiary/aromatic N) is 2. The fraction of sp³-hybridized carbons (Fsp3) is 0.700. The molecule has 1 atom stereocenters. The number of fused-ring (bicyclic) bond motifs is 1. The van der Waals surface area contributed by atoms with E-state index >= 15 is 0 Å². The summed E-state index contributed by atoms with van der Waals surface area (Å²) in [6.45, 7) is 3.20. The van der Waals surface area contributed by atoms with Gasteiger partial charge in [-0.15, -0.1) is 0 Å². The molecule has 1 saturated heterocycles. The molecular weight excluding hydrogens is 176 g/mol. The Morgan fingerprint density at radius 1 is 1.50 bits per heavy atom. The van der Waals surface area contributed by atoms with E-state index in [0.717, 1.165) is 19.6 Å². The first kappa shape index (κ1) is 8.44. The molecule has 2 aliphatic rings. The average Bonchev–Trinajstić information content (AvgIpc) is 2.73. The van der Waals surface area contributed by atoms with Gasteiger partial charge >= 0.3 is 0 Å². The maximum absolute atomic E-state index is 6.31. The quantitative estimate of drug-likeness (QED) is 0.620. The van der Waals surface area contributed by atoms with Gasteiger partial charge in [-0.05, 0) is 32.0 Å². The summed E-state index contributed by atoms with van der Waals surface area (Å²) < 4.78 is 2.08. The smallest absolute Gasteiger partial charge is 0.0558 e. The van der Waals surface area contributed by atoms with Gasteiger partial charge in [-0.25, -0.2) is 0 Å². The minimum Gasteiger partial charge on any atom is -0.322 e. The van der Waals surface area contributed by atoms with Crippen molar-refractivity contribution < 1.29 is 0 Å². The van der Waals surface area contributed by atoms with Crippen LogP contribution in [0.2, 0.25) is 0 Å². The molecule has 1 spiro atoms. The van der Waals surface area contributed by atoms with Gasteiger partial charge in [-0.1, -0.05) is 0 Å². The van der Waals surface area contributed by atoms with Crippen molar-refractivity contribution in [2.75, 3.05) is 13.1 Å². The molecule has 0 aliphatic carbocycles. The summed E-state index contributed by atoms with van der Waals surface area (Å²) >= 11 is 0. The van der Waals surface area contributed by atoms with Gasteiger partial charge in [0.2, 0.25) is 0 Å². The number of nitrogens with one attached hydrogen (secondary N) is 1. The molecular formula is C10H16N4. The van der Waals surface area contributed by atoms with E-state index in [9.17, 15) is 0 Å². The highest BCUT2D eigenvalue weighted by molar-refractivity contribution is 5.17. The predicted octanol–water partition coefficient (Wildman–Crippen LogP) is 0.266. The molecule has 0 amide bonds. The van der Waals surface area contributed by atoms with Crippen LogP contribution in [0.3, 0.4) is 0 Å². The lowest BCUT2D eigenvalue weighted by atomic mass is 9.74. The lowest BCUT2D eigenvalue weighted by Gasteiger charge is -2.36. The Bertz CT molecular complexity index is 338. The van der Waals surface area contributed by atoms with Crippen molar-refractivity contribution in [3.63, 3.8) is 0 Å². The summed E-state index contributed by atoms with van der Waals surface area (Å²) in [5.41, 5.74) is 7.81. The molecule has 1 fully saturated rings. The molecule has 4 nitrogen and oxygen atoms in total. The molecule has 1 aromatic heterocycles. The molecule has 1 aromatic rings. The topological polar surface area (TPSA) is 55.9 Å². The predicted molar refractivity (Wildman–Crippen MR) is 53.7 cm³/mol. The number of hydrogen-bond donors (Lipinski definition) is 2. The molecule has 0 radical (unpaired) electrons. The molecule has 3 rings (SSSR count). The second kappa shape index (κ2) is 2.81. The van der Waals surface area contributed by atoms with Crippen LogP contribution in [0.25, 0.3) is 0 Å². The molecule has 0 saturated carbocycles. The molecule has 3 heterocycles. The number of aromatic nitrogens is 2. The van der Waals surface area contributed by atoms with E-state index in [4.69, 9.17) is 5.73 Å². The number of piperidine rings is 1. The first-order valence-electron chi connectivity index (χ1n) is 5.30. The van der Waals surface area contributed by atoms with Crippen LogP contribution in [-0.4, -0.2) is 22.9 Å². The van der Waals surface area contributed by atoms with Crippen LogP contribution in [0.15, 0.2) is 12.3 Å². The van der Waals surface area contributed by atoms with Crippen LogP contribution in [0.5, 0.6) is 0 Å². The van der Waals surface area contributed by atoms with Crippen LogP contribution in [-0.2, 0) is 6.54 Å². The van der Waals surface area contributed by atoms with Gasteiger partial charge in [0.15, 0.2) is 0 Å². The van der Waals surface area contributed by atoms with E-state index in [1.54, 1.807) is 0 Å². The molecule has 0 aromatic carbocycles. The summed E-state index contributed by atoms with van der Waals surface area (Å²) in [5, 5.41) is 7.70. The van der Waals surface area contributed by atoms with Crippen molar-refractivity contribution in [3.8, 4) is 0 Å². The Morgan fingerprint density at radius 3 is 3.00 bits per heavy atom. The lowest BCUT2D eigenvalue weighted by molar-refractivity contribution is 0.158. The Balaban J connectivity index is 1.94. The third-order valence-corrected chi connectivity index (χ3v) is 3.79. The highest BCUT2D eigenvalue weighted by Gasteiger charge is 2.45. The summed E-state index contributed by atoms with van der Waals surface area (Å²) in [4.78, 5) is 0. The van der Waals surface area contributed by atoms with Crippen LogP contribution in [0.1, 0.15) is 24.6 Å². The van der Waals surface area contributed by atoms with Crippen molar-refractivity contribution >= 4 is 0 Å². The van der Waals surface area contributed by atoms with Gasteiger partial charge in [0.1, 0.15) is 0 Å². The normalized spacial score (nSPS) is 29.4. The zero-order valence-electron chi connectivity index (χ0n) is 8.24. The second-order valence-corrected chi connectivity index (χ2v) is 4.50. The average molecular weight is 192 g/mol. The standard InChI is InChI=1S/C10H16N4/c11-9-8-1-4-13-14(8)7-10(9)2-5-12-6-3-10/h1,4,9,12H,2-3,5-7,11H2/t9-/m0/s1. The van der Waals surface area contributed by atoms with Crippen LogP contribution in [0.4, 0.5) is 0 Å². The fourth-order valence-corrected chi connectivity index (χ4v) is 2.84. The van der Waals surface area contributed by atoms with Gasteiger partial charge in [0.25, 0.3) is 0 Å². The fourth-order valence-electron chi connectivity index (χ4n) is 2.84. The van der Waals surface area contributed by atoms with Crippen LogP contribution >= 0.6 is 0 Å².